The van der Waals surface area contributed by atoms with Crippen LogP contribution in [0.4, 0.5) is 0 Å². The van der Waals surface area contributed by atoms with E-state index in [-0.39, 0.29) is 18.6 Å². The number of aliphatic hydroxyl groups is 1. The van der Waals surface area contributed by atoms with Gasteiger partial charge < -0.3 is 15.2 Å². The molecule has 0 radical (unpaired) electrons. The maximum Gasteiger partial charge on any atom is 0.244 e. The predicted octanol–water partition coefficient (Wildman–Crippen LogP) is 2.75. The molecule has 1 rings (SSSR count). The maximum atomic E-state index is 11.8. The number of nitrogens with one attached hydrogen (secondary N) is 1. The molecular formula is C15H20BrNO3. The molecule has 0 bridgehead atoms. The van der Waals surface area contributed by atoms with E-state index >= 15 is 0 Å². The smallest absolute Gasteiger partial charge is 0.244 e. The Labute approximate surface area is 128 Å². The van der Waals surface area contributed by atoms with Gasteiger partial charge in [-0.1, -0.05) is 22.9 Å². The van der Waals surface area contributed by atoms with E-state index in [0.717, 1.165) is 16.5 Å². The Kier molecular flexibility index (Phi) is 7.33. The highest BCUT2D eigenvalue weighted by Crippen LogP contribution is 2.24. The van der Waals surface area contributed by atoms with Gasteiger partial charge >= 0.3 is 0 Å². The van der Waals surface area contributed by atoms with Crippen LogP contribution in [0.15, 0.2) is 28.7 Å². The Bertz CT molecular complexity index is 474. The molecule has 1 aromatic rings. The van der Waals surface area contributed by atoms with Crippen LogP contribution in [-0.4, -0.2) is 30.8 Å². The van der Waals surface area contributed by atoms with E-state index in [1.807, 2.05) is 25.1 Å². The summed E-state index contributed by atoms with van der Waals surface area (Å²) in [5.41, 5.74) is 0.826. The monoisotopic (exact) mass is 341 g/mol. The SMILES string of the molecule is CCC(CCO)NC(=O)/C=C/c1cc(Br)ccc1OC. The number of benzene rings is 1. The van der Waals surface area contributed by atoms with Gasteiger partial charge in [-0.05, 0) is 37.1 Å². The fourth-order valence-electron chi connectivity index (χ4n) is 1.78. The summed E-state index contributed by atoms with van der Waals surface area (Å²) >= 11 is 3.39. The number of methoxy groups -OCH3 is 1. The lowest BCUT2D eigenvalue weighted by Crippen LogP contribution is -2.33. The minimum absolute atomic E-state index is 0.00144. The summed E-state index contributed by atoms with van der Waals surface area (Å²) in [6.07, 6.45) is 4.55. The molecule has 0 aliphatic heterocycles. The van der Waals surface area contributed by atoms with Crippen LogP contribution in [0.5, 0.6) is 5.75 Å². The first-order valence-electron chi connectivity index (χ1n) is 6.53. The van der Waals surface area contributed by atoms with Crippen LogP contribution in [-0.2, 0) is 4.79 Å². The molecule has 1 aromatic carbocycles. The number of carbonyl (C=O) groups is 1. The number of amides is 1. The van der Waals surface area contributed by atoms with Crippen LogP contribution in [0.25, 0.3) is 6.08 Å². The van der Waals surface area contributed by atoms with Crippen LogP contribution < -0.4 is 10.1 Å². The van der Waals surface area contributed by atoms with Crippen LogP contribution in [0.2, 0.25) is 0 Å². The van der Waals surface area contributed by atoms with Crippen molar-refractivity contribution in [2.75, 3.05) is 13.7 Å². The Hall–Kier alpha value is -1.33. The number of halogens is 1. The highest BCUT2D eigenvalue weighted by atomic mass is 79.9. The number of hydrogen-bond acceptors (Lipinski definition) is 3. The molecule has 1 atom stereocenters. The lowest BCUT2D eigenvalue weighted by atomic mass is 10.1. The van der Waals surface area contributed by atoms with Crippen molar-refractivity contribution < 1.29 is 14.6 Å². The van der Waals surface area contributed by atoms with Crippen LogP contribution >= 0.6 is 15.9 Å². The van der Waals surface area contributed by atoms with E-state index in [1.54, 1.807) is 13.2 Å². The second-order valence-electron chi connectivity index (χ2n) is 4.35. The van der Waals surface area contributed by atoms with E-state index in [9.17, 15) is 4.79 Å². The van der Waals surface area contributed by atoms with Gasteiger partial charge in [0.2, 0.25) is 5.91 Å². The number of rotatable bonds is 7. The minimum atomic E-state index is -0.174. The van der Waals surface area contributed by atoms with Gasteiger partial charge in [-0.25, -0.2) is 0 Å². The Morgan fingerprint density at radius 2 is 2.30 bits per heavy atom. The molecule has 0 aliphatic rings. The van der Waals surface area contributed by atoms with Gasteiger partial charge in [0.05, 0.1) is 7.11 Å². The second kappa shape index (κ2) is 8.76. The van der Waals surface area contributed by atoms with Crippen molar-refractivity contribution in [1.82, 2.24) is 5.32 Å². The highest BCUT2D eigenvalue weighted by molar-refractivity contribution is 9.10. The molecule has 0 aliphatic carbocycles. The molecular weight excluding hydrogens is 322 g/mol. The molecule has 0 saturated heterocycles. The summed E-state index contributed by atoms with van der Waals surface area (Å²) in [5.74, 6) is 0.534. The average Bonchev–Trinajstić information content (AvgIpc) is 2.44. The van der Waals surface area contributed by atoms with E-state index in [0.29, 0.717) is 12.2 Å². The molecule has 110 valence electrons. The van der Waals surface area contributed by atoms with Gasteiger partial charge in [0.25, 0.3) is 0 Å². The zero-order chi connectivity index (χ0) is 15.0. The molecule has 0 saturated carbocycles. The van der Waals surface area contributed by atoms with Crippen LogP contribution in [0.1, 0.15) is 25.3 Å². The number of hydrogen-bond donors (Lipinski definition) is 2. The first kappa shape index (κ1) is 16.7. The molecule has 5 heteroatoms. The summed E-state index contributed by atoms with van der Waals surface area (Å²) < 4.78 is 6.16. The van der Waals surface area contributed by atoms with E-state index in [1.165, 1.54) is 6.08 Å². The summed E-state index contributed by atoms with van der Waals surface area (Å²) in [6.45, 7) is 2.05. The van der Waals surface area contributed by atoms with E-state index < -0.39 is 0 Å². The van der Waals surface area contributed by atoms with Crippen LogP contribution in [0.3, 0.4) is 0 Å². The van der Waals surface area contributed by atoms with E-state index in [2.05, 4.69) is 21.2 Å². The number of ether oxygens (including phenoxy) is 1. The lowest BCUT2D eigenvalue weighted by Gasteiger charge is -2.14. The summed E-state index contributed by atoms with van der Waals surface area (Å²) in [6, 6.07) is 5.60. The van der Waals surface area contributed by atoms with Gasteiger partial charge in [-0.3, -0.25) is 4.79 Å². The van der Waals surface area contributed by atoms with Gasteiger partial charge in [0.15, 0.2) is 0 Å². The lowest BCUT2D eigenvalue weighted by molar-refractivity contribution is -0.117. The standard InChI is InChI=1S/C15H20BrNO3/c1-3-13(8-9-18)17-15(19)7-4-11-10-12(16)5-6-14(11)20-2/h4-7,10,13,18H,3,8-9H2,1-2H3,(H,17,19)/b7-4+. The quantitative estimate of drug-likeness (QED) is 0.749. The topological polar surface area (TPSA) is 58.6 Å². The predicted molar refractivity (Wildman–Crippen MR) is 83.7 cm³/mol. The molecule has 0 fully saturated rings. The maximum absolute atomic E-state index is 11.8. The molecule has 1 amide bonds. The zero-order valence-corrected chi connectivity index (χ0v) is 13.3. The Balaban J connectivity index is 2.72. The largest absolute Gasteiger partial charge is 0.496 e. The van der Waals surface area contributed by atoms with E-state index in [4.69, 9.17) is 9.84 Å². The van der Waals surface area contributed by atoms with Crippen molar-refractivity contribution in [1.29, 1.82) is 0 Å². The molecule has 2 N–H and O–H groups in total. The average molecular weight is 342 g/mol. The highest BCUT2D eigenvalue weighted by Gasteiger charge is 2.07. The van der Waals surface area contributed by atoms with Gasteiger partial charge in [-0.15, -0.1) is 0 Å². The van der Waals surface area contributed by atoms with Crippen molar-refractivity contribution in [2.24, 2.45) is 0 Å². The molecule has 1 unspecified atom stereocenters. The molecule has 20 heavy (non-hydrogen) atoms. The fourth-order valence-corrected chi connectivity index (χ4v) is 2.16. The number of aliphatic hydroxyl groups excluding tert-OH is 1. The van der Waals surface area contributed by atoms with Gasteiger partial charge in [0.1, 0.15) is 5.75 Å². The number of carbonyl (C=O) groups excluding carboxylic acids is 1. The molecule has 0 aromatic heterocycles. The molecule has 0 heterocycles. The third-order valence-corrected chi connectivity index (χ3v) is 3.42. The third kappa shape index (κ3) is 5.35. The second-order valence-corrected chi connectivity index (χ2v) is 5.26. The normalized spacial score (nSPS) is 12.4. The van der Waals surface area contributed by atoms with Crippen molar-refractivity contribution in [2.45, 2.75) is 25.8 Å². The van der Waals surface area contributed by atoms with Crippen molar-refractivity contribution in [3.63, 3.8) is 0 Å². The van der Waals surface area contributed by atoms with Gasteiger partial charge in [-0.2, -0.15) is 0 Å². The first-order valence-corrected chi connectivity index (χ1v) is 7.33. The summed E-state index contributed by atoms with van der Waals surface area (Å²) in [5, 5.41) is 11.7. The fraction of sp³-hybridized carbons (Fsp3) is 0.400. The first-order chi connectivity index (χ1) is 9.60. The van der Waals surface area contributed by atoms with Crippen molar-refractivity contribution in [3.05, 3.63) is 34.3 Å². The van der Waals surface area contributed by atoms with Gasteiger partial charge in [0, 0.05) is 28.8 Å². The van der Waals surface area contributed by atoms with Crippen molar-refractivity contribution >= 4 is 27.9 Å². The third-order valence-electron chi connectivity index (χ3n) is 2.92. The van der Waals surface area contributed by atoms with Crippen molar-refractivity contribution in [3.8, 4) is 5.75 Å². The molecule has 0 spiro atoms. The zero-order valence-electron chi connectivity index (χ0n) is 11.7. The Morgan fingerprint density at radius 3 is 2.90 bits per heavy atom. The minimum Gasteiger partial charge on any atom is -0.496 e. The summed E-state index contributed by atoms with van der Waals surface area (Å²) in [4.78, 5) is 11.8. The molecule has 4 nitrogen and oxygen atoms in total. The van der Waals surface area contributed by atoms with Crippen LogP contribution in [0, 0.1) is 0 Å². The Morgan fingerprint density at radius 1 is 1.55 bits per heavy atom. The summed E-state index contributed by atoms with van der Waals surface area (Å²) in [7, 11) is 1.59.